The van der Waals surface area contributed by atoms with E-state index in [1.54, 1.807) is 12.4 Å². The average molecular weight is 317 g/mol. The molecule has 0 amide bonds. The lowest BCUT2D eigenvalue weighted by molar-refractivity contribution is 0.835. The molecule has 0 bridgehead atoms. The molecule has 2 N–H and O–H groups in total. The molecule has 0 atom stereocenters. The highest BCUT2D eigenvalue weighted by atomic mass is 16.1. The Morgan fingerprint density at radius 3 is 2.83 bits per heavy atom. The van der Waals surface area contributed by atoms with Gasteiger partial charge in [0.05, 0.1) is 28.7 Å². The third kappa shape index (κ3) is 2.44. The Balaban J connectivity index is 1.72. The number of para-hydroxylation sites is 1. The van der Waals surface area contributed by atoms with Crippen molar-refractivity contribution < 1.29 is 0 Å². The molecular formula is C18H15N5O. The largest absolute Gasteiger partial charge is 0.295 e. The minimum absolute atomic E-state index is 0.119. The van der Waals surface area contributed by atoms with Gasteiger partial charge in [0.2, 0.25) is 0 Å². The molecule has 2 aromatic carbocycles. The van der Waals surface area contributed by atoms with Crippen LogP contribution >= 0.6 is 0 Å². The zero-order valence-electron chi connectivity index (χ0n) is 13.0. The molecule has 0 radical (unpaired) electrons. The zero-order chi connectivity index (χ0) is 16.5. The molecule has 0 aliphatic heterocycles. The Hall–Kier alpha value is -3.41. The van der Waals surface area contributed by atoms with Crippen LogP contribution in [-0.2, 0) is 0 Å². The number of aliphatic imine (C=N–C) groups is 1. The summed E-state index contributed by atoms with van der Waals surface area (Å²) in [5, 5.41) is 11.0. The second-order valence-electron chi connectivity index (χ2n) is 5.53. The Morgan fingerprint density at radius 2 is 2.00 bits per heavy atom. The van der Waals surface area contributed by atoms with Crippen molar-refractivity contribution in [3.8, 4) is 5.69 Å². The minimum atomic E-state index is -0.119. The van der Waals surface area contributed by atoms with Gasteiger partial charge in [0.15, 0.2) is 0 Å². The van der Waals surface area contributed by atoms with Crippen LogP contribution in [0.1, 0.15) is 11.3 Å². The van der Waals surface area contributed by atoms with Gasteiger partial charge in [-0.05, 0) is 37.3 Å². The van der Waals surface area contributed by atoms with Gasteiger partial charge in [-0.25, -0.2) is 4.68 Å². The third-order valence-corrected chi connectivity index (χ3v) is 3.90. The first-order valence-electron chi connectivity index (χ1n) is 7.56. The van der Waals surface area contributed by atoms with E-state index in [4.69, 9.17) is 0 Å². The second kappa shape index (κ2) is 5.66. The van der Waals surface area contributed by atoms with Crippen LogP contribution in [0.2, 0.25) is 0 Å². The number of nitrogens with zero attached hydrogens (tertiary/aromatic N) is 3. The highest BCUT2D eigenvalue weighted by molar-refractivity contribution is 5.86. The Morgan fingerprint density at radius 1 is 1.17 bits per heavy atom. The van der Waals surface area contributed by atoms with Gasteiger partial charge in [-0.1, -0.05) is 18.2 Å². The first-order valence-corrected chi connectivity index (χ1v) is 7.56. The summed E-state index contributed by atoms with van der Waals surface area (Å²) in [7, 11) is 0. The number of benzene rings is 2. The van der Waals surface area contributed by atoms with Crippen LogP contribution in [0.3, 0.4) is 0 Å². The zero-order valence-corrected chi connectivity index (χ0v) is 13.0. The molecule has 2 aromatic heterocycles. The summed E-state index contributed by atoms with van der Waals surface area (Å²) < 4.78 is 1.52. The van der Waals surface area contributed by atoms with E-state index in [0.29, 0.717) is 5.56 Å². The summed E-state index contributed by atoms with van der Waals surface area (Å²) in [6, 6.07) is 15.2. The standard InChI is InChI=1S/C18H15N5O/c1-12-16(18(24)23(22-12)15-5-3-2-4-6-15)11-19-14-7-8-17-13(9-14)10-20-21-17/h2-11,22H,1H3,(H,20,21). The number of aromatic nitrogens is 4. The molecular weight excluding hydrogens is 302 g/mol. The molecule has 118 valence electrons. The summed E-state index contributed by atoms with van der Waals surface area (Å²) in [5.41, 5.74) is 3.73. The van der Waals surface area contributed by atoms with Crippen molar-refractivity contribution in [1.82, 2.24) is 20.0 Å². The van der Waals surface area contributed by atoms with Crippen LogP contribution in [-0.4, -0.2) is 26.2 Å². The predicted molar refractivity (Wildman–Crippen MR) is 94.5 cm³/mol. The Bertz CT molecular complexity index is 1090. The molecule has 0 unspecified atom stereocenters. The van der Waals surface area contributed by atoms with Gasteiger partial charge in [0.25, 0.3) is 5.56 Å². The van der Waals surface area contributed by atoms with Crippen molar-refractivity contribution in [2.45, 2.75) is 6.92 Å². The van der Waals surface area contributed by atoms with E-state index in [1.807, 2.05) is 55.5 Å². The van der Waals surface area contributed by atoms with Crippen LogP contribution < -0.4 is 5.56 Å². The topological polar surface area (TPSA) is 78.8 Å². The molecule has 0 spiro atoms. The first-order chi connectivity index (χ1) is 11.7. The quantitative estimate of drug-likeness (QED) is 0.569. The lowest BCUT2D eigenvalue weighted by Gasteiger charge is -1.99. The van der Waals surface area contributed by atoms with Gasteiger partial charge < -0.3 is 0 Å². The van der Waals surface area contributed by atoms with Gasteiger partial charge in [-0.3, -0.25) is 20.0 Å². The third-order valence-electron chi connectivity index (χ3n) is 3.90. The highest BCUT2D eigenvalue weighted by Gasteiger charge is 2.10. The number of nitrogens with one attached hydrogen (secondary N) is 2. The van der Waals surface area contributed by atoms with Crippen molar-refractivity contribution in [2.75, 3.05) is 0 Å². The summed E-state index contributed by atoms with van der Waals surface area (Å²) in [6.45, 7) is 1.86. The van der Waals surface area contributed by atoms with E-state index in [-0.39, 0.29) is 5.56 Å². The number of hydrogen-bond acceptors (Lipinski definition) is 3. The number of fused-ring (bicyclic) bond motifs is 1. The van der Waals surface area contributed by atoms with Crippen molar-refractivity contribution >= 4 is 22.8 Å². The maximum absolute atomic E-state index is 12.6. The van der Waals surface area contributed by atoms with Crippen LogP contribution in [0, 0.1) is 6.92 Å². The maximum Gasteiger partial charge on any atom is 0.280 e. The number of rotatable bonds is 3. The van der Waals surface area contributed by atoms with E-state index < -0.39 is 0 Å². The molecule has 0 saturated carbocycles. The summed E-state index contributed by atoms with van der Waals surface area (Å²) in [4.78, 5) is 17.0. The fourth-order valence-corrected chi connectivity index (χ4v) is 2.62. The molecule has 0 fully saturated rings. The van der Waals surface area contributed by atoms with Crippen LogP contribution in [0.25, 0.3) is 16.6 Å². The summed E-state index contributed by atoms with van der Waals surface area (Å²) >= 11 is 0. The van der Waals surface area contributed by atoms with E-state index in [9.17, 15) is 4.79 Å². The fraction of sp³-hybridized carbons (Fsp3) is 0.0556. The molecule has 0 saturated heterocycles. The van der Waals surface area contributed by atoms with E-state index in [1.165, 1.54) is 4.68 Å². The van der Waals surface area contributed by atoms with Gasteiger partial charge in [0.1, 0.15) is 0 Å². The van der Waals surface area contributed by atoms with Crippen LogP contribution in [0.4, 0.5) is 5.69 Å². The molecule has 24 heavy (non-hydrogen) atoms. The highest BCUT2D eigenvalue weighted by Crippen LogP contribution is 2.19. The Labute approximate surface area is 137 Å². The lowest BCUT2D eigenvalue weighted by atomic mass is 10.2. The molecule has 4 aromatic rings. The van der Waals surface area contributed by atoms with E-state index >= 15 is 0 Å². The number of aromatic amines is 2. The predicted octanol–water partition coefficient (Wildman–Crippen LogP) is 3.10. The van der Waals surface area contributed by atoms with Gasteiger partial charge in [-0.15, -0.1) is 0 Å². The van der Waals surface area contributed by atoms with Gasteiger partial charge >= 0.3 is 0 Å². The van der Waals surface area contributed by atoms with Crippen molar-refractivity contribution in [1.29, 1.82) is 0 Å². The SMILES string of the molecule is Cc1[nH]n(-c2ccccc2)c(=O)c1C=Nc1ccc2[nH]ncc2c1. The molecule has 6 heteroatoms. The van der Waals surface area contributed by atoms with Gasteiger partial charge in [0, 0.05) is 17.3 Å². The number of H-pyrrole nitrogens is 2. The smallest absolute Gasteiger partial charge is 0.280 e. The second-order valence-corrected chi connectivity index (χ2v) is 5.53. The van der Waals surface area contributed by atoms with Crippen molar-refractivity contribution in [3.63, 3.8) is 0 Å². The summed E-state index contributed by atoms with van der Waals surface area (Å²) in [6.07, 6.45) is 3.35. The van der Waals surface area contributed by atoms with Crippen LogP contribution in [0.5, 0.6) is 0 Å². The molecule has 2 heterocycles. The number of hydrogen-bond donors (Lipinski definition) is 2. The fourth-order valence-electron chi connectivity index (χ4n) is 2.62. The lowest BCUT2D eigenvalue weighted by Crippen LogP contribution is -2.17. The normalized spacial score (nSPS) is 11.5. The first kappa shape index (κ1) is 14.2. The van der Waals surface area contributed by atoms with Crippen LogP contribution in [0.15, 0.2) is 64.5 Å². The molecule has 0 aliphatic carbocycles. The summed E-state index contributed by atoms with van der Waals surface area (Å²) in [5.74, 6) is 0. The number of aryl methyl sites for hydroxylation is 1. The monoisotopic (exact) mass is 317 g/mol. The van der Waals surface area contributed by atoms with Crippen molar-refractivity contribution in [3.05, 3.63) is 76.3 Å². The van der Waals surface area contributed by atoms with E-state index in [2.05, 4.69) is 20.3 Å². The van der Waals surface area contributed by atoms with Gasteiger partial charge in [-0.2, -0.15) is 5.10 Å². The molecule has 4 rings (SSSR count). The minimum Gasteiger partial charge on any atom is -0.295 e. The Kier molecular flexibility index (Phi) is 3.35. The molecule has 6 nitrogen and oxygen atoms in total. The average Bonchev–Trinajstić information content (AvgIpc) is 3.18. The maximum atomic E-state index is 12.6. The molecule has 0 aliphatic rings. The van der Waals surface area contributed by atoms with E-state index in [0.717, 1.165) is 28.0 Å². The van der Waals surface area contributed by atoms with Crippen molar-refractivity contribution in [2.24, 2.45) is 4.99 Å².